The number of carbonyl (C=O) groups is 1. The zero-order chi connectivity index (χ0) is 14.0. The molecule has 1 heterocycles. The first-order valence-corrected chi connectivity index (χ1v) is 7.60. The summed E-state index contributed by atoms with van der Waals surface area (Å²) in [5, 5.41) is 12.6. The number of halogens is 1. The Hall–Kier alpha value is -0.810. The molecule has 106 valence electrons. The van der Waals surface area contributed by atoms with Crippen molar-refractivity contribution in [1.82, 2.24) is 9.88 Å². The van der Waals surface area contributed by atoms with E-state index >= 15 is 0 Å². The lowest BCUT2D eigenvalue weighted by atomic mass is 10.1. The second-order valence-electron chi connectivity index (χ2n) is 5.68. The zero-order valence-corrected chi connectivity index (χ0v) is 13.0. The molecule has 1 amide bonds. The number of rotatable bonds is 6. The molecular formula is C14H21BrN2O2. The molecule has 1 aliphatic rings. The van der Waals surface area contributed by atoms with Crippen LogP contribution in [0.25, 0.3) is 0 Å². The Morgan fingerprint density at radius 2 is 2.26 bits per heavy atom. The van der Waals surface area contributed by atoms with Crippen molar-refractivity contribution in [3.63, 3.8) is 0 Å². The maximum atomic E-state index is 12.1. The van der Waals surface area contributed by atoms with Gasteiger partial charge in [-0.3, -0.25) is 4.79 Å². The highest BCUT2D eigenvalue weighted by Crippen LogP contribution is 2.37. The summed E-state index contributed by atoms with van der Waals surface area (Å²) in [4.78, 5) is 12.1. The second-order valence-corrected chi connectivity index (χ2v) is 6.59. The predicted octanol–water partition coefficient (Wildman–Crippen LogP) is 2.72. The fourth-order valence-corrected chi connectivity index (χ4v) is 2.65. The Morgan fingerprint density at radius 3 is 2.84 bits per heavy atom. The molecule has 1 fully saturated rings. The van der Waals surface area contributed by atoms with E-state index in [1.54, 1.807) is 0 Å². The summed E-state index contributed by atoms with van der Waals surface area (Å²) in [5.74, 6) is 0.316. The topological polar surface area (TPSA) is 54.3 Å². The van der Waals surface area contributed by atoms with Crippen LogP contribution >= 0.6 is 15.9 Å². The van der Waals surface area contributed by atoms with Crippen LogP contribution in [0.4, 0.5) is 0 Å². The number of aliphatic hydroxyl groups is 1. The average Bonchev–Trinajstić information content (AvgIpc) is 3.08. The molecule has 1 aromatic heterocycles. The maximum absolute atomic E-state index is 12.1. The van der Waals surface area contributed by atoms with E-state index in [4.69, 9.17) is 0 Å². The third-order valence-corrected chi connectivity index (χ3v) is 3.66. The molecule has 2 rings (SSSR count). The van der Waals surface area contributed by atoms with Crippen LogP contribution in [0.1, 0.15) is 49.6 Å². The summed E-state index contributed by atoms with van der Waals surface area (Å²) in [6, 6.07) is 2.30. The fraction of sp³-hybridized carbons (Fsp3) is 0.643. The number of nitrogens with one attached hydrogen (secondary N) is 1. The molecule has 1 aromatic rings. The number of aromatic nitrogens is 1. The highest BCUT2D eigenvalue weighted by molar-refractivity contribution is 9.10. The first-order valence-electron chi connectivity index (χ1n) is 6.81. The van der Waals surface area contributed by atoms with Gasteiger partial charge in [0.2, 0.25) is 0 Å². The van der Waals surface area contributed by atoms with E-state index in [9.17, 15) is 9.90 Å². The summed E-state index contributed by atoms with van der Waals surface area (Å²) in [7, 11) is 0. The minimum atomic E-state index is -0.475. The van der Waals surface area contributed by atoms with Gasteiger partial charge in [0.1, 0.15) is 5.69 Å². The normalized spacial score (nSPS) is 16.7. The first kappa shape index (κ1) is 14.6. The average molecular weight is 329 g/mol. The SMILES string of the molecule is CC(C)CC(O)CNC(=O)c1cc(Br)cn1C1CC1. The fourth-order valence-electron chi connectivity index (χ4n) is 2.21. The number of hydrogen-bond donors (Lipinski definition) is 2. The smallest absolute Gasteiger partial charge is 0.268 e. The van der Waals surface area contributed by atoms with Crippen LogP contribution in [0, 0.1) is 5.92 Å². The molecule has 0 saturated heterocycles. The molecule has 1 unspecified atom stereocenters. The highest BCUT2D eigenvalue weighted by atomic mass is 79.9. The van der Waals surface area contributed by atoms with Gasteiger partial charge in [-0.2, -0.15) is 0 Å². The number of carbonyl (C=O) groups excluding carboxylic acids is 1. The monoisotopic (exact) mass is 328 g/mol. The van der Waals surface area contributed by atoms with E-state index in [1.807, 2.05) is 16.8 Å². The lowest BCUT2D eigenvalue weighted by molar-refractivity contribution is 0.0891. The molecular weight excluding hydrogens is 308 g/mol. The summed E-state index contributed by atoms with van der Waals surface area (Å²) in [6.45, 7) is 4.42. The Bertz CT molecular complexity index is 452. The highest BCUT2D eigenvalue weighted by Gasteiger charge is 2.27. The molecule has 0 radical (unpaired) electrons. The van der Waals surface area contributed by atoms with E-state index in [0.717, 1.165) is 17.3 Å². The maximum Gasteiger partial charge on any atom is 0.268 e. The Kier molecular flexibility index (Phi) is 4.68. The van der Waals surface area contributed by atoms with Crippen molar-refractivity contribution in [2.75, 3.05) is 6.54 Å². The van der Waals surface area contributed by atoms with Crippen molar-refractivity contribution in [2.24, 2.45) is 5.92 Å². The van der Waals surface area contributed by atoms with Crippen LogP contribution in [-0.2, 0) is 0 Å². The Labute approximate surface area is 122 Å². The summed E-state index contributed by atoms with van der Waals surface area (Å²) in [6.07, 6.45) is 4.45. The molecule has 0 bridgehead atoms. The van der Waals surface area contributed by atoms with Gasteiger partial charge in [-0.05, 0) is 47.2 Å². The minimum Gasteiger partial charge on any atom is -0.391 e. The Morgan fingerprint density at radius 1 is 1.58 bits per heavy atom. The third kappa shape index (κ3) is 4.08. The number of nitrogens with zero attached hydrogens (tertiary/aromatic N) is 1. The van der Waals surface area contributed by atoms with Gasteiger partial charge in [0.25, 0.3) is 5.91 Å². The molecule has 1 saturated carbocycles. The van der Waals surface area contributed by atoms with E-state index in [1.165, 1.54) is 0 Å². The van der Waals surface area contributed by atoms with Gasteiger partial charge < -0.3 is 15.0 Å². The molecule has 0 aromatic carbocycles. The molecule has 0 spiro atoms. The van der Waals surface area contributed by atoms with Gasteiger partial charge in [-0.1, -0.05) is 13.8 Å². The lowest BCUT2D eigenvalue weighted by Crippen LogP contribution is -2.33. The van der Waals surface area contributed by atoms with Gasteiger partial charge in [0.15, 0.2) is 0 Å². The van der Waals surface area contributed by atoms with Crippen molar-refractivity contribution < 1.29 is 9.90 Å². The number of aliphatic hydroxyl groups excluding tert-OH is 1. The summed E-state index contributed by atoms with van der Waals surface area (Å²) < 4.78 is 2.95. The largest absolute Gasteiger partial charge is 0.391 e. The van der Waals surface area contributed by atoms with E-state index in [-0.39, 0.29) is 5.91 Å². The van der Waals surface area contributed by atoms with Crippen molar-refractivity contribution in [2.45, 2.75) is 45.3 Å². The predicted molar refractivity (Wildman–Crippen MR) is 78.2 cm³/mol. The van der Waals surface area contributed by atoms with Crippen LogP contribution < -0.4 is 5.32 Å². The van der Waals surface area contributed by atoms with E-state index < -0.39 is 6.10 Å². The van der Waals surface area contributed by atoms with Gasteiger partial charge in [0, 0.05) is 23.3 Å². The van der Waals surface area contributed by atoms with Gasteiger partial charge >= 0.3 is 0 Å². The van der Waals surface area contributed by atoms with Gasteiger partial charge in [-0.15, -0.1) is 0 Å². The van der Waals surface area contributed by atoms with Gasteiger partial charge in [-0.25, -0.2) is 0 Å². The molecule has 2 N–H and O–H groups in total. The van der Waals surface area contributed by atoms with Crippen molar-refractivity contribution in [3.8, 4) is 0 Å². The van der Waals surface area contributed by atoms with E-state index in [2.05, 4.69) is 35.1 Å². The second kappa shape index (κ2) is 6.09. The quantitative estimate of drug-likeness (QED) is 0.843. The Balaban J connectivity index is 1.92. The van der Waals surface area contributed by atoms with Crippen LogP contribution in [0.3, 0.4) is 0 Å². The summed E-state index contributed by atoms with van der Waals surface area (Å²) in [5.41, 5.74) is 0.672. The van der Waals surface area contributed by atoms with Crippen molar-refractivity contribution >= 4 is 21.8 Å². The van der Waals surface area contributed by atoms with E-state index in [0.29, 0.717) is 30.6 Å². The molecule has 0 aliphatic heterocycles. The van der Waals surface area contributed by atoms with Crippen molar-refractivity contribution in [3.05, 3.63) is 22.4 Å². The number of hydrogen-bond acceptors (Lipinski definition) is 2. The van der Waals surface area contributed by atoms with Crippen LogP contribution in [0.15, 0.2) is 16.7 Å². The number of amides is 1. The molecule has 19 heavy (non-hydrogen) atoms. The molecule has 1 aliphatic carbocycles. The summed E-state index contributed by atoms with van der Waals surface area (Å²) >= 11 is 3.41. The molecule has 5 heteroatoms. The zero-order valence-electron chi connectivity index (χ0n) is 11.4. The van der Waals surface area contributed by atoms with Crippen LogP contribution in [-0.4, -0.2) is 28.2 Å². The standard InChI is InChI=1S/C14H21BrN2O2/c1-9(2)5-12(18)7-16-14(19)13-6-10(15)8-17(13)11-3-4-11/h6,8-9,11-12,18H,3-5,7H2,1-2H3,(H,16,19). The van der Waals surface area contributed by atoms with Crippen molar-refractivity contribution in [1.29, 1.82) is 0 Å². The third-order valence-electron chi connectivity index (χ3n) is 3.23. The lowest BCUT2D eigenvalue weighted by Gasteiger charge is -2.14. The molecule has 4 nitrogen and oxygen atoms in total. The minimum absolute atomic E-state index is 0.111. The molecule has 1 atom stereocenters. The first-order chi connectivity index (χ1) is 8.97. The van der Waals surface area contributed by atoms with Crippen LogP contribution in [0.2, 0.25) is 0 Å². The van der Waals surface area contributed by atoms with Gasteiger partial charge in [0.05, 0.1) is 6.10 Å². The van der Waals surface area contributed by atoms with Crippen LogP contribution in [0.5, 0.6) is 0 Å².